The summed E-state index contributed by atoms with van der Waals surface area (Å²) in [7, 11) is 1.63. The van der Waals surface area contributed by atoms with Gasteiger partial charge in [0.1, 0.15) is 9.71 Å². The van der Waals surface area contributed by atoms with Crippen LogP contribution in [0, 0.1) is 12.7 Å². The van der Waals surface area contributed by atoms with Crippen molar-refractivity contribution in [3.05, 3.63) is 33.0 Å². The Balaban J connectivity index is 1.25. The first-order chi connectivity index (χ1) is 17.2. The lowest BCUT2D eigenvalue weighted by atomic mass is 9.91. The van der Waals surface area contributed by atoms with Crippen LogP contribution in [0.1, 0.15) is 39.3 Å². The maximum absolute atomic E-state index is 15.2. The number of nitrogens with zero attached hydrogens (tertiary/aromatic N) is 3. The summed E-state index contributed by atoms with van der Waals surface area (Å²) in [4.78, 5) is 25.2. The lowest BCUT2D eigenvalue weighted by Gasteiger charge is -2.27. The van der Waals surface area contributed by atoms with Crippen molar-refractivity contribution in [2.24, 2.45) is 5.73 Å². The molecular formula is C24H31FN6O3S2. The van der Waals surface area contributed by atoms with Gasteiger partial charge in [-0.25, -0.2) is 14.4 Å². The van der Waals surface area contributed by atoms with Gasteiger partial charge in [-0.15, -0.1) is 22.7 Å². The molecule has 0 bridgehead atoms. The number of aryl methyl sites for hydroxylation is 2. The van der Waals surface area contributed by atoms with Crippen LogP contribution in [-0.4, -0.2) is 67.0 Å². The van der Waals surface area contributed by atoms with Gasteiger partial charge in [0.25, 0.3) is 5.91 Å². The minimum absolute atomic E-state index is 0.0966. The highest BCUT2D eigenvalue weighted by Crippen LogP contribution is 2.37. The number of nitrogens with one attached hydrogen (secondary N) is 1. The van der Waals surface area contributed by atoms with Crippen LogP contribution in [0.5, 0.6) is 0 Å². The van der Waals surface area contributed by atoms with E-state index in [4.69, 9.17) is 20.9 Å². The quantitative estimate of drug-likeness (QED) is 0.422. The van der Waals surface area contributed by atoms with Crippen molar-refractivity contribution >= 4 is 49.6 Å². The molecule has 1 saturated heterocycles. The molecule has 0 spiro atoms. The van der Waals surface area contributed by atoms with Gasteiger partial charge in [-0.1, -0.05) is 0 Å². The molecule has 1 aliphatic heterocycles. The first kappa shape index (κ1) is 25.3. The van der Waals surface area contributed by atoms with E-state index in [-0.39, 0.29) is 36.0 Å². The first-order valence-corrected chi connectivity index (χ1v) is 13.7. The fourth-order valence-electron chi connectivity index (χ4n) is 4.98. The third kappa shape index (κ3) is 4.92. The molecule has 194 valence electrons. The number of hydrogen-bond donors (Lipinski definition) is 3. The number of pyridine rings is 1. The molecule has 5 rings (SSSR count). The maximum atomic E-state index is 15.2. The van der Waals surface area contributed by atoms with Crippen LogP contribution in [0.4, 0.5) is 15.9 Å². The van der Waals surface area contributed by atoms with Crippen molar-refractivity contribution in [2.75, 3.05) is 37.4 Å². The van der Waals surface area contributed by atoms with E-state index in [0.717, 1.165) is 25.8 Å². The van der Waals surface area contributed by atoms with Crippen LogP contribution in [0.3, 0.4) is 0 Å². The first-order valence-electron chi connectivity index (χ1n) is 12.0. The Kier molecular flexibility index (Phi) is 7.14. The number of methoxy groups -OCH3 is 1. The van der Waals surface area contributed by atoms with Crippen molar-refractivity contribution in [1.29, 1.82) is 0 Å². The van der Waals surface area contributed by atoms with Crippen LogP contribution in [0.25, 0.3) is 9.53 Å². The number of aromatic nitrogens is 2. The summed E-state index contributed by atoms with van der Waals surface area (Å²) in [6.07, 6.45) is 1.57. The Morgan fingerprint density at radius 2 is 2.17 bits per heavy atom. The molecule has 1 amide bonds. The Bertz CT molecular complexity index is 1280. The van der Waals surface area contributed by atoms with E-state index in [1.54, 1.807) is 13.2 Å². The molecular weight excluding hydrogens is 503 g/mol. The average Bonchev–Trinajstić information content (AvgIpc) is 3.46. The normalized spacial score (nSPS) is 22.7. The topological polar surface area (TPSA) is 129 Å². The highest BCUT2D eigenvalue weighted by molar-refractivity contribution is 7.29. The molecule has 4 unspecified atom stereocenters. The fourth-order valence-corrected chi connectivity index (χ4v) is 7.07. The van der Waals surface area contributed by atoms with Gasteiger partial charge in [0.05, 0.1) is 40.3 Å². The predicted octanol–water partition coefficient (Wildman–Crippen LogP) is 2.64. The van der Waals surface area contributed by atoms with E-state index in [0.29, 0.717) is 55.3 Å². The number of ether oxygens (including phenoxy) is 2. The van der Waals surface area contributed by atoms with Crippen LogP contribution >= 0.6 is 22.7 Å². The second-order valence-corrected chi connectivity index (χ2v) is 11.7. The lowest BCUT2D eigenvalue weighted by Crippen LogP contribution is -2.39. The molecule has 0 aromatic carbocycles. The Labute approximate surface area is 217 Å². The van der Waals surface area contributed by atoms with Crippen molar-refractivity contribution in [3.8, 4) is 0 Å². The summed E-state index contributed by atoms with van der Waals surface area (Å²) in [6, 6.07) is 1.19. The average molecular weight is 535 g/mol. The van der Waals surface area contributed by atoms with Crippen molar-refractivity contribution < 1.29 is 18.7 Å². The van der Waals surface area contributed by atoms with E-state index >= 15 is 4.39 Å². The van der Waals surface area contributed by atoms with Crippen LogP contribution < -0.4 is 21.7 Å². The van der Waals surface area contributed by atoms with E-state index < -0.39 is 0 Å². The van der Waals surface area contributed by atoms with E-state index in [2.05, 4.69) is 15.3 Å². The standard InChI is InChI=1S/C24H31FN6O3S2/c1-11(10-33-3)34-18-9-31(8-16(18)26)22-15(25)7-13-6-14(4-5-17(13)30-22)29-23(32)20-19(27)21-24(36-20)28-12(2)35-21/h7,11,14,16,18H,4-6,8-10,26-27H2,1-3H3,(H,29,32). The second kappa shape index (κ2) is 10.2. The maximum Gasteiger partial charge on any atom is 0.263 e. The Hall–Kier alpha value is -2.38. The minimum Gasteiger partial charge on any atom is -0.396 e. The zero-order valence-electron chi connectivity index (χ0n) is 20.5. The van der Waals surface area contributed by atoms with Gasteiger partial charge < -0.3 is 31.2 Å². The number of nitrogen functional groups attached to an aromatic ring is 1. The number of carbonyl (C=O) groups excluding carboxylic acids is 1. The summed E-state index contributed by atoms with van der Waals surface area (Å²) in [5.41, 5.74) is 14.7. The molecule has 3 aromatic rings. The van der Waals surface area contributed by atoms with Gasteiger partial charge >= 0.3 is 0 Å². The third-order valence-corrected chi connectivity index (χ3v) is 8.90. The number of carbonyl (C=O) groups is 1. The molecule has 0 saturated carbocycles. The van der Waals surface area contributed by atoms with Gasteiger partial charge in [0.2, 0.25) is 0 Å². The Morgan fingerprint density at radius 3 is 2.92 bits per heavy atom. The number of thiophene rings is 1. The van der Waals surface area contributed by atoms with Gasteiger partial charge in [0.15, 0.2) is 11.6 Å². The monoisotopic (exact) mass is 534 g/mol. The molecule has 4 heterocycles. The summed E-state index contributed by atoms with van der Waals surface area (Å²) in [6.45, 7) is 5.27. The predicted molar refractivity (Wildman–Crippen MR) is 141 cm³/mol. The number of halogens is 1. The molecule has 5 N–H and O–H groups in total. The third-order valence-electron chi connectivity index (χ3n) is 6.67. The highest BCUT2D eigenvalue weighted by atomic mass is 32.1. The molecule has 1 fully saturated rings. The number of nitrogens with two attached hydrogens (primary N) is 2. The molecule has 12 heteroatoms. The van der Waals surface area contributed by atoms with Crippen molar-refractivity contribution in [1.82, 2.24) is 15.3 Å². The van der Waals surface area contributed by atoms with Crippen LogP contribution in [0.15, 0.2) is 6.07 Å². The number of hydrogen-bond acceptors (Lipinski definition) is 10. The summed E-state index contributed by atoms with van der Waals surface area (Å²) in [5, 5.41) is 4.00. The van der Waals surface area contributed by atoms with E-state index in [1.807, 2.05) is 18.7 Å². The Morgan fingerprint density at radius 1 is 1.36 bits per heavy atom. The molecule has 9 nitrogen and oxygen atoms in total. The fraction of sp³-hybridized carbons (Fsp3) is 0.542. The van der Waals surface area contributed by atoms with E-state index in [1.165, 1.54) is 22.7 Å². The van der Waals surface area contributed by atoms with Gasteiger partial charge in [-0.3, -0.25) is 4.79 Å². The van der Waals surface area contributed by atoms with Gasteiger partial charge in [0, 0.05) is 31.9 Å². The summed E-state index contributed by atoms with van der Waals surface area (Å²) < 4.78 is 27.2. The number of thiazole rings is 1. The number of amides is 1. The number of fused-ring (bicyclic) bond motifs is 2. The van der Waals surface area contributed by atoms with Crippen molar-refractivity contribution in [3.63, 3.8) is 0 Å². The second-order valence-electron chi connectivity index (χ2n) is 9.53. The number of rotatable bonds is 7. The molecule has 0 radical (unpaired) electrons. The molecule has 1 aliphatic carbocycles. The lowest BCUT2D eigenvalue weighted by molar-refractivity contribution is -0.0348. The zero-order valence-corrected chi connectivity index (χ0v) is 22.2. The SMILES string of the molecule is COCC(C)OC1CN(c2nc3c(cc2F)CC(NC(=O)c2sc4nc(C)sc4c2N)CC3)CC1N. The largest absolute Gasteiger partial charge is 0.396 e. The van der Waals surface area contributed by atoms with Crippen LogP contribution in [0.2, 0.25) is 0 Å². The van der Waals surface area contributed by atoms with Gasteiger partial charge in [-0.05, 0) is 44.7 Å². The zero-order chi connectivity index (χ0) is 25.6. The molecule has 36 heavy (non-hydrogen) atoms. The highest BCUT2D eigenvalue weighted by Gasteiger charge is 2.35. The minimum atomic E-state index is -0.386. The van der Waals surface area contributed by atoms with Gasteiger partial charge in [-0.2, -0.15) is 0 Å². The molecule has 3 aromatic heterocycles. The summed E-state index contributed by atoms with van der Waals surface area (Å²) in [5.74, 6) is -0.284. The summed E-state index contributed by atoms with van der Waals surface area (Å²) >= 11 is 2.80. The molecule has 4 atom stereocenters. The smallest absolute Gasteiger partial charge is 0.263 e. The van der Waals surface area contributed by atoms with Crippen LogP contribution in [-0.2, 0) is 22.3 Å². The van der Waals surface area contributed by atoms with Crippen molar-refractivity contribution in [2.45, 2.75) is 57.4 Å². The van der Waals surface area contributed by atoms with E-state index in [9.17, 15) is 4.79 Å². The molecule has 2 aliphatic rings. The number of anilines is 2.